The van der Waals surface area contributed by atoms with E-state index in [-0.39, 0.29) is 23.4 Å². The number of nitro groups is 1. The second-order valence-corrected chi connectivity index (χ2v) is 4.87. The summed E-state index contributed by atoms with van der Waals surface area (Å²) in [7, 11) is 0. The highest BCUT2D eigenvalue weighted by molar-refractivity contribution is 5.88. The van der Waals surface area contributed by atoms with Crippen LogP contribution in [-0.2, 0) is 0 Å². The van der Waals surface area contributed by atoms with Crippen molar-refractivity contribution in [2.24, 2.45) is 5.41 Å². The molecule has 0 aliphatic carbocycles. The number of aliphatic hydroxyl groups excluding tert-OH is 1. The fourth-order valence-corrected chi connectivity index (χ4v) is 1.90. The van der Waals surface area contributed by atoms with Crippen molar-refractivity contribution in [2.75, 3.05) is 18.5 Å². The summed E-state index contributed by atoms with van der Waals surface area (Å²) < 4.78 is 0. The number of carboxylic acids is 1. The number of nitrogens with zero attached hydrogens (tertiary/aromatic N) is 2. The molecule has 0 fully saturated rings. The lowest BCUT2D eigenvalue weighted by atomic mass is 9.83. The molecular weight excluding hydrogens is 278 g/mol. The highest BCUT2D eigenvalue weighted by atomic mass is 16.6. The van der Waals surface area contributed by atoms with Crippen LogP contribution in [0.5, 0.6) is 0 Å². The Labute approximate surface area is 122 Å². The highest BCUT2D eigenvalue weighted by Gasteiger charge is 2.27. The summed E-state index contributed by atoms with van der Waals surface area (Å²) >= 11 is 0. The van der Waals surface area contributed by atoms with Crippen LogP contribution in [0.1, 0.15) is 37.0 Å². The molecule has 0 aromatic carbocycles. The summed E-state index contributed by atoms with van der Waals surface area (Å²) in [6.07, 6.45) is 2.47. The molecule has 1 aromatic rings. The van der Waals surface area contributed by atoms with Crippen molar-refractivity contribution in [1.82, 2.24) is 4.98 Å². The Bertz CT molecular complexity index is 520. The Hall–Kier alpha value is -2.22. The van der Waals surface area contributed by atoms with Gasteiger partial charge in [-0.3, -0.25) is 10.1 Å². The third-order valence-corrected chi connectivity index (χ3v) is 3.78. The molecule has 0 spiro atoms. The summed E-state index contributed by atoms with van der Waals surface area (Å²) in [6, 6.07) is 0.968. The van der Waals surface area contributed by atoms with E-state index >= 15 is 0 Å². The third kappa shape index (κ3) is 3.88. The van der Waals surface area contributed by atoms with Crippen molar-refractivity contribution in [3.8, 4) is 0 Å². The van der Waals surface area contributed by atoms with Gasteiger partial charge in [-0.1, -0.05) is 13.8 Å². The monoisotopic (exact) mass is 297 g/mol. The molecule has 21 heavy (non-hydrogen) atoms. The summed E-state index contributed by atoms with van der Waals surface area (Å²) in [5, 5.41) is 32.2. The lowest BCUT2D eigenvalue weighted by Crippen LogP contribution is -2.32. The minimum atomic E-state index is -1.27. The average molecular weight is 297 g/mol. The van der Waals surface area contributed by atoms with Crippen LogP contribution in [0.2, 0.25) is 0 Å². The molecule has 0 amide bonds. The van der Waals surface area contributed by atoms with Crippen LogP contribution in [0, 0.1) is 15.5 Å². The molecule has 0 atom stereocenters. The number of pyridine rings is 1. The number of carboxylic acid groups (broad SMARTS) is 1. The minimum absolute atomic E-state index is 0.00438. The molecule has 0 aliphatic rings. The zero-order valence-electron chi connectivity index (χ0n) is 12.0. The van der Waals surface area contributed by atoms with Crippen LogP contribution < -0.4 is 5.32 Å². The fraction of sp³-hybridized carbons (Fsp3) is 0.538. The van der Waals surface area contributed by atoms with Gasteiger partial charge in [-0.2, -0.15) is 0 Å². The Kier molecular flexibility index (Phi) is 5.60. The van der Waals surface area contributed by atoms with E-state index in [4.69, 9.17) is 5.11 Å². The number of nitrogens with one attached hydrogen (secondary N) is 1. The topological polar surface area (TPSA) is 126 Å². The standard InChI is InChI=1S/C13H19N3O5/c1-3-13(4-2,8-17)7-15-11-10(16(20)21)5-9(6-14-11)12(18)19/h5-6,17H,3-4,7-8H2,1-2H3,(H,14,15)(H,18,19). The first-order valence-electron chi connectivity index (χ1n) is 6.61. The number of carbonyl (C=O) groups is 1. The maximum absolute atomic E-state index is 11.0. The maximum atomic E-state index is 11.0. The Morgan fingerprint density at radius 2 is 2.10 bits per heavy atom. The van der Waals surface area contributed by atoms with Crippen molar-refractivity contribution in [1.29, 1.82) is 0 Å². The van der Waals surface area contributed by atoms with Gasteiger partial charge in [0.2, 0.25) is 5.82 Å². The van der Waals surface area contributed by atoms with Gasteiger partial charge in [0, 0.05) is 24.2 Å². The zero-order chi connectivity index (χ0) is 16.0. The van der Waals surface area contributed by atoms with Crippen molar-refractivity contribution in [3.05, 3.63) is 27.9 Å². The summed E-state index contributed by atoms with van der Waals surface area (Å²) in [6.45, 7) is 4.12. The minimum Gasteiger partial charge on any atom is -0.478 e. The summed E-state index contributed by atoms with van der Waals surface area (Å²) in [4.78, 5) is 25.0. The van der Waals surface area contributed by atoms with E-state index < -0.39 is 16.6 Å². The molecule has 1 aromatic heterocycles. The third-order valence-electron chi connectivity index (χ3n) is 3.78. The lowest BCUT2D eigenvalue weighted by Gasteiger charge is -2.29. The largest absolute Gasteiger partial charge is 0.478 e. The molecule has 8 nitrogen and oxygen atoms in total. The van der Waals surface area contributed by atoms with E-state index in [9.17, 15) is 20.0 Å². The number of aromatic nitrogens is 1. The molecule has 0 radical (unpaired) electrons. The van der Waals surface area contributed by atoms with Crippen molar-refractivity contribution >= 4 is 17.5 Å². The molecule has 0 saturated heterocycles. The van der Waals surface area contributed by atoms with Crippen LogP contribution in [-0.4, -0.2) is 39.2 Å². The molecule has 1 heterocycles. The van der Waals surface area contributed by atoms with E-state index in [1.54, 1.807) is 0 Å². The molecule has 8 heteroatoms. The van der Waals surface area contributed by atoms with Gasteiger partial charge in [-0.15, -0.1) is 0 Å². The van der Waals surface area contributed by atoms with E-state index in [1.807, 2.05) is 13.8 Å². The molecule has 1 rings (SSSR count). The predicted molar refractivity (Wildman–Crippen MR) is 76.4 cm³/mol. The number of aliphatic hydroxyl groups is 1. The fourth-order valence-electron chi connectivity index (χ4n) is 1.90. The van der Waals surface area contributed by atoms with Crippen LogP contribution in [0.4, 0.5) is 11.5 Å². The van der Waals surface area contributed by atoms with Gasteiger partial charge in [-0.05, 0) is 12.8 Å². The average Bonchev–Trinajstić information content (AvgIpc) is 2.49. The van der Waals surface area contributed by atoms with Gasteiger partial charge in [0.1, 0.15) is 0 Å². The molecular formula is C13H19N3O5. The Morgan fingerprint density at radius 3 is 2.52 bits per heavy atom. The van der Waals surface area contributed by atoms with Crippen LogP contribution in [0.3, 0.4) is 0 Å². The van der Waals surface area contributed by atoms with E-state index in [1.165, 1.54) is 0 Å². The molecule has 3 N–H and O–H groups in total. The first kappa shape index (κ1) is 16.8. The first-order valence-corrected chi connectivity index (χ1v) is 6.61. The van der Waals surface area contributed by atoms with E-state index in [0.717, 1.165) is 12.3 Å². The van der Waals surface area contributed by atoms with Gasteiger partial charge in [0.05, 0.1) is 17.1 Å². The molecule has 0 unspecified atom stereocenters. The number of rotatable bonds is 8. The Balaban J connectivity index is 3.03. The molecule has 0 aliphatic heterocycles. The smallest absolute Gasteiger partial charge is 0.337 e. The van der Waals surface area contributed by atoms with Gasteiger partial charge < -0.3 is 15.5 Å². The van der Waals surface area contributed by atoms with E-state index in [2.05, 4.69) is 10.3 Å². The van der Waals surface area contributed by atoms with Gasteiger partial charge in [0.25, 0.3) is 0 Å². The molecule has 0 bridgehead atoms. The van der Waals surface area contributed by atoms with Crippen LogP contribution in [0.15, 0.2) is 12.3 Å². The van der Waals surface area contributed by atoms with Gasteiger partial charge in [0.15, 0.2) is 0 Å². The second kappa shape index (κ2) is 6.98. The van der Waals surface area contributed by atoms with Crippen molar-refractivity contribution in [2.45, 2.75) is 26.7 Å². The maximum Gasteiger partial charge on any atom is 0.337 e. The number of hydrogen-bond acceptors (Lipinski definition) is 6. The van der Waals surface area contributed by atoms with Crippen LogP contribution in [0.25, 0.3) is 0 Å². The van der Waals surface area contributed by atoms with Gasteiger partial charge in [-0.25, -0.2) is 9.78 Å². The zero-order valence-corrected chi connectivity index (χ0v) is 12.0. The normalized spacial score (nSPS) is 11.2. The summed E-state index contributed by atoms with van der Waals surface area (Å²) in [5.41, 5.74) is -1.03. The number of aromatic carboxylic acids is 1. The van der Waals surface area contributed by atoms with Crippen molar-refractivity contribution in [3.63, 3.8) is 0 Å². The quantitative estimate of drug-likeness (QED) is 0.494. The second-order valence-electron chi connectivity index (χ2n) is 4.87. The number of hydrogen-bond donors (Lipinski definition) is 3. The Morgan fingerprint density at radius 1 is 1.48 bits per heavy atom. The number of anilines is 1. The van der Waals surface area contributed by atoms with Crippen LogP contribution >= 0.6 is 0 Å². The van der Waals surface area contributed by atoms with Gasteiger partial charge >= 0.3 is 11.7 Å². The van der Waals surface area contributed by atoms with Crippen molar-refractivity contribution < 1.29 is 19.9 Å². The molecule has 116 valence electrons. The predicted octanol–water partition coefficient (Wildman–Crippen LogP) is 1.90. The van der Waals surface area contributed by atoms with E-state index in [0.29, 0.717) is 19.4 Å². The highest BCUT2D eigenvalue weighted by Crippen LogP contribution is 2.28. The summed E-state index contributed by atoms with van der Waals surface area (Å²) in [5.74, 6) is -1.27. The SMILES string of the molecule is CCC(CC)(CO)CNc1ncc(C(=O)O)cc1[N+](=O)[O-]. The lowest BCUT2D eigenvalue weighted by molar-refractivity contribution is -0.384. The first-order chi connectivity index (χ1) is 9.89. The molecule has 0 saturated carbocycles.